The summed E-state index contributed by atoms with van der Waals surface area (Å²) >= 11 is 0. The van der Waals surface area contributed by atoms with E-state index < -0.39 is 11.8 Å². The van der Waals surface area contributed by atoms with Crippen LogP contribution >= 0.6 is 0 Å². The summed E-state index contributed by atoms with van der Waals surface area (Å²) in [5.74, 6) is -1.03. The monoisotopic (exact) mass is 360 g/mol. The molecule has 3 N–H and O–H groups in total. The molecule has 27 heavy (non-hydrogen) atoms. The molecule has 7 heteroatoms. The van der Waals surface area contributed by atoms with Crippen LogP contribution in [0.4, 0.5) is 0 Å². The Labute approximate surface area is 154 Å². The Morgan fingerprint density at radius 3 is 2.48 bits per heavy atom. The second-order valence-electron chi connectivity index (χ2n) is 6.18. The highest BCUT2D eigenvalue weighted by atomic mass is 16.5. The molecule has 4 aromatic rings. The lowest BCUT2D eigenvalue weighted by molar-refractivity contribution is -0.0656. The molecule has 0 saturated carbocycles. The van der Waals surface area contributed by atoms with E-state index in [0.29, 0.717) is 21.9 Å². The molecule has 0 spiro atoms. The summed E-state index contributed by atoms with van der Waals surface area (Å²) in [7, 11) is 0. The van der Waals surface area contributed by atoms with Gasteiger partial charge in [-0.3, -0.25) is 14.8 Å². The Balaban J connectivity index is 1.59. The molecule has 0 aliphatic rings. The summed E-state index contributed by atoms with van der Waals surface area (Å²) < 4.78 is 1.81. The zero-order valence-corrected chi connectivity index (χ0v) is 14.2. The minimum absolute atomic E-state index is 0.00264. The van der Waals surface area contributed by atoms with Crippen molar-refractivity contribution in [2.24, 2.45) is 5.73 Å². The average molecular weight is 360 g/mol. The number of benzene rings is 2. The van der Waals surface area contributed by atoms with Crippen LogP contribution in [-0.4, -0.2) is 31.5 Å². The van der Waals surface area contributed by atoms with Crippen molar-refractivity contribution in [1.29, 1.82) is 0 Å². The molecular formula is C20H16N4O3. The van der Waals surface area contributed by atoms with Gasteiger partial charge in [0.05, 0.1) is 18.4 Å². The minimum Gasteiger partial charge on any atom is -0.366 e. The quantitative estimate of drug-likeness (QED) is 0.431. The van der Waals surface area contributed by atoms with E-state index in [1.54, 1.807) is 42.6 Å². The van der Waals surface area contributed by atoms with Gasteiger partial charge in [0, 0.05) is 17.3 Å². The average Bonchev–Trinajstić information content (AvgIpc) is 3.09. The van der Waals surface area contributed by atoms with E-state index in [0.717, 1.165) is 16.4 Å². The van der Waals surface area contributed by atoms with Gasteiger partial charge >= 0.3 is 0 Å². The van der Waals surface area contributed by atoms with Crippen LogP contribution in [0.1, 0.15) is 26.4 Å². The summed E-state index contributed by atoms with van der Waals surface area (Å²) in [5, 5.41) is 12.5. The highest BCUT2D eigenvalue weighted by molar-refractivity contribution is 6.01. The first kappa shape index (κ1) is 16.7. The number of carbonyl (C=O) groups excluding carboxylic acids is 2. The van der Waals surface area contributed by atoms with E-state index in [1.807, 2.05) is 28.8 Å². The standard InChI is InChI=1S/C20H16N4O3/c21-19(25)15-6-4-14-10-16(7-5-13(14)9-15)20(26)24(27)12-17-11-22-18-3-1-2-8-23(17)18/h1-11,27H,12H2,(H2,21,25). The number of hydrogen-bond acceptors (Lipinski definition) is 4. The van der Waals surface area contributed by atoms with Crippen LogP contribution in [0, 0.1) is 0 Å². The van der Waals surface area contributed by atoms with E-state index in [9.17, 15) is 14.8 Å². The predicted molar refractivity (Wildman–Crippen MR) is 99.3 cm³/mol. The van der Waals surface area contributed by atoms with Crippen LogP contribution in [0.15, 0.2) is 67.0 Å². The van der Waals surface area contributed by atoms with Crippen molar-refractivity contribution in [3.8, 4) is 0 Å². The second kappa shape index (κ2) is 6.54. The number of pyridine rings is 1. The lowest BCUT2D eigenvalue weighted by atomic mass is 10.0. The van der Waals surface area contributed by atoms with Gasteiger partial charge in [-0.2, -0.15) is 0 Å². The van der Waals surface area contributed by atoms with Gasteiger partial charge in [-0.05, 0) is 47.2 Å². The SMILES string of the molecule is NC(=O)c1ccc2cc(C(=O)N(O)Cc3cnc4ccccn34)ccc2c1. The summed E-state index contributed by atoms with van der Waals surface area (Å²) in [6.07, 6.45) is 3.44. The normalized spacial score (nSPS) is 11.0. The molecule has 2 aromatic carbocycles. The molecule has 0 unspecified atom stereocenters. The molecule has 0 aliphatic heterocycles. The van der Waals surface area contributed by atoms with Gasteiger partial charge in [-0.15, -0.1) is 0 Å². The smallest absolute Gasteiger partial charge is 0.277 e. The molecule has 0 bridgehead atoms. The predicted octanol–water partition coefficient (Wildman–Crippen LogP) is 2.62. The fraction of sp³-hybridized carbons (Fsp3) is 0.0500. The van der Waals surface area contributed by atoms with Gasteiger partial charge in [0.2, 0.25) is 5.91 Å². The number of imidazole rings is 1. The summed E-state index contributed by atoms with van der Waals surface area (Å²) in [6, 6.07) is 15.5. The van der Waals surface area contributed by atoms with Crippen molar-refractivity contribution < 1.29 is 14.8 Å². The lowest BCUT2D eigenvalue weighted by Crippen LogP contribution is -2.27. The Morgan fingerprint density at radius 2 is 1.74 bits per heavy atom. The fourth-order valence-electron chi connectivity index (χ4n) is 3.01. The van der Waals surface area contributed by atoms with Crippen molar-refractivity contribution in [3.05, 3.63) is 83.8 Å². The van der Waals surface area contributed by atoms with E-state index in [1.165, 1.54) is 0 Å². The number of carbonyl (C=O) groups is 2. The molecule has 134 valence electrons. The molecule has 2 heterocycles. The molecular weight excluding hydrogens is 344 g/mol. The number of hydroxylamine groups is 2. The van der Waals surface area contributed by atoms with E-state index in [-0.39, 0.29) is 6.54 Å². The second-order valence-corrected chi connectivity index (χ2v) is 6.18. The third-order valence-corrected chi connectivity index (χ3v) is 4.41. The maximum Gasteiger partial charge on any atom is 0.277 e. The third-order valence-electron chi connectivity index (χ3n) is 4.41. The summed E-state index contributed by atoms with van der Waals surface area (Å²) in [6.45, 7) is 0.00264. The minimum atomic E-state index is -0.526. The van der Waals surface area contributed by atoms with Crippen LogP contribution < -0.4 is 5.73 Å². The summed E-state index contributed by atoms with van der Waals surface area (Å²) in [5.41, 5.74) is 7.45. The van der Waals surface area contributed by atoms with E-state index in [4.69, 9.17) is 5.73 Å². The van der Waals surface area contributed by atoms with Crippen LogP contribution in [0.2, 0.25) is 0 Å². The maximum atomic E-state index is 12.6. The van der Waals surface area contributed by atoms with Crippen LogP contribution in [0.5, 0.6) is 0 Å². The maximum absolute atomic E-state index is 12.6. The number of nitrogens with zero attached hydrogens (tertiary/aromatic N) is 3. The molecule has 0 saturated heterocycles. The molecule has 4 rings (SSSR count). The van der Waals surface area contributed by atoms with Gasteiger partial charge in [0.25, 0.3) is 5.91 Å². The summed E-state index contributed by atoms with van der Waals surface area (Å²) in [4.78, 5) is 28.1. The first-order chi connectivity index (χ1) is 13.0. The number of rotatable bonds is 4. The van der Waals surface area contributed by atoms with E-state index in [2.05, 4.69) is 4.98 Å². The molecule has 2 amide bonds. The zero-order valence-electron chi connectivity index (χ0n) is 14.2. The van der Waals surface area contributed by atoms with Gasteiger partial charge in [-0.1, -0.05) is 18.2 Å². The lowest BCUT2D eigenvalue weighted by Gasteiger charge is -2.15. The largest absolute Gasteiger partial charge is 0.366 e. The first-order valence-corrected chi connectivity index (χ1v) is 8.28. The highest BCUT2D eigenvalue weighted by Crippen LogP contribution is 2.19. The van der Waals surface area contributed by atoms with Crippen molar-refractivity contribution in [2.45, 2.75) is 6.54 Å². The molecule has 0 aliphatic carbocycles. The fourth-order valence-corrected chi connectivity index (χ4v) is 3.01. The Hall–Kier alpha value is -3.71. The number of amides is 2. The van der Waals surface area contributed by atoms with Gasteiger partial charge in [-0.25, -0.2) is 10.0 Å². The van der Waals surface area contributed by atoms with Crippen LogP contribution in [-0.2, 0) is 6.54 Å². The van der Waals surface area contributed by atoms with E-state index >= 15 is 0 Å². The Morgan fingerprint density at radius 1 is 1.04 bits per heavy atom. The number of aromatic nitrogens is 2. The molecule has 0 atom stereocenters. The number of fused-ring (bicyclic) bond motifs is 2. The van der Waals surface area contributed by atoms with Gasteiger partial charge in [0.15, 0.2) is 0 Å². The van der Waals surface area contributed by atoms with Crippen molar-refractivity contribution in [3.63, 3.8) is 0 Å². The molecule has 7 nitrogen and oxygen atoms in total. The Kier molecular flexibility index (Phi) is 4.06. The molecule has 0 fully saturated rings. The van der Waals surface area contributed by atoms with Crippen molar-refractivity contribution >= 4 is 28.2 Å². The number of hydrogen-bond donors (Lipinski definition) is 2. The topological polar surface area (TPSA) is 101 Å². The van der Waals surface area contributed by atoms with Crippen molar-refractivity contribution in [1.82, 2.24) is 14.4 Å². The van der Waals surface area contributed by atoms with Crippen LogP contribution in [0.25, 0.3) is 16.4 Å². The molecule has 0 radical (unpaired) electrons. The Bertz CT molecular complexity index is 1180. The highest BCUT2D eigenvalue weighted by Gasteiger charge is 2.16. The van der Waals surface area contributed by atoms with Gasteiger partial charge < -0.3 is 10.1 Å². The number of primary amides is 1. The zero-order chi connectivity index (χ0) is 19.0. The third kappa shape index (κ3) is 3.11. The number of nitrogens with two attached hydrogens (primary N) is 1. The van der Waals surface area contributed by atoms with Gasteiger partial charge in [0.1, 0.15) is 5.65 Å². The van der Waals surface area contributed by atoms with Crippen LogP contribution in [0.3, 0.4) is 0 Å². The van der Waals surface area contributed by atoms with Crippen molar-refractivity contribution in [2.75, 3.05) is 0 Å². The molecule has 2 aromatic heterocycles. The first-order valence-electron chi connectivity index (χ1n) is 8.28.